The van der Waals surface area contributed by atoms with Gasteiger partial charge in [0.15, 0.2) is 0 Å². The Morgan fingerprint density at radius 3 is 3.00 bits per heavy atom. The molecule has 1 aliphatic rings. The van der Waals surface area contributed by atoms with E-state index in [1.165, 1.54) is 5.57 Å². The summed E-state index contributed by atoms with van der Waals surface area (Å²) in [4.78, 5) is 14.2. The van der Waals surface area contributed by atoms with Crippen LogP contribution in [-0.4, -0.2) is 45.8 Å². The summed E-state index contributed by atoms with van der Waals surface area (Å²) >= 11 is 0. The van der Waals surface area contributed by atoms with Gasteiger partial charge in [-0.15, -0.1) is 0 Å². The average Bonchev–Trinajstić information content (AvgIpc) is 2.99. The number of nitrogens with zero attached hydrogens (tertiary/aromatic N) is 2. The summed E-state index contributed by atoms with van der Waals surface area (Å²) in [6.07, 6.45) is 6.44. The normalized spacial score (nSPS) is 22.6. The number of likely N-dealkylation sites (tertiary alicyclic amines) is 1. The molecular weight excluding hydrogens is 254 g/mol. The van der Waals surface area contributed by atoms with E-state index in [0.717, 1.165) is 25.8 Å². The summed E-state index contributed by atoms with van der Waals surface area (Å²) in [6.45, 7) is 5.58. The fourth-order valence-corrected chi connectivity index (χ4v) is 2.71. The van der Waals surface area contributed by atoms with Gasteiger partial charge in [0, 0.05) is 24.7 Å². The third kappa shape index (κ3) is 3.28. The Labute approximate surface area is 119 Å². The molecule has 0 saturated carbocycles. The Hall–Kier alpha value is -1.62. The summed E-state index contributed by atoms with van der Waals surface area (Å²) in [5.41, 5.74) is 1.56. The number of amides is 1. The minimum Gasteiger partial charge on any atom is -0.396 e. The molecule has 1 aliphatic heterocycles. The first kappa shape index (κ1) is 14.8. The van der Waals surface area contributed by atoms with Crippen LogP contribution in [0.15, 0.2) is 23.9 Å². The zero-order valence-electron chi connectivity index (χ0n) is 12.2. The van der Waals surface area contributed by atoms with Gasteiger partial charge in [-0.3, -0.25) is 9.89 Å². The van der Waals surface area contributed by atoms with Crippen molar-refractivity contribution in [3.8, 4) is 0 Å². The summed E-state index contributed by atoms with van der Waals surface area (Å²) < 4.78 is 0. The molecule has 2 rings (SSSR count). The molecule has 1 atom stereocenters. The molecule has 0 bridgehead atoms. The molecule has 1 unspecified atom stereocenters. The van der Waals surface area contributed by atoms with E-state index in [-0.39, 0.29) is 17.9 Å². The van der Waals surface area contributed by atoms with Gasteiger partial charge in [0.2, 0.25) is 0 Å². The Balaban J connectivity index is 2.10. The van der Waals surface area contributed by atoms with E-state index in [4.69, 9.17) is 0 Å². The van der Waals surface area contributed by atoms with Crippen molar-refractivity contribution in [1.82, 2.24) is 15.1 Å². The van der Waals surface area contributed by atoms with Crippen LogP contribution < -0.4 is 0 Å². The van der Waals surface area contributed by atoms with E-state index in [1.807, 2.05) is 4.90 Å². The zero-order chi connectivity index (χ0) is 14.6. The van der Waals surface area contributed by atoms with Gasteiger partial charge in [0.25, 0.3) is 5.91 Å². The van der Waals surface area contributed by atoms with Gasteiger partial charge >= 0.3 is 0 Å². The Kier molecular flexibility index (Phi) is 4.60. The SMILES string of the molecule is CC(C)=CCC1(CO)CCCN(C(=O)c2ccn[nH]2)C1. The first-order chi connectivity index (χ1) is 9.56. The number of carbonyl (C=O) groups is 1. The van der Waals surface area contributed by atoms with E-state index in [1.54, 1.807) is 12.3 Å². The topological polar surface area (TPSA) is 69.2 Å². The molecule has 110 valence electrons. The number of aromatic nitrogens is 2. The van der Waals surface area contributed by atoms with E-state index in [9.17, 15) is 9.90 Å². The first-order valence-corrected chi connectivity index (χ1v) is 7.09. The molecule has 1 saturated heterocycles. The van der Waals surface area contributed by atoms with Crippen LogP contribution in [0.1, 0.15) is 43.6 Å². The lowest BCUT2D eigenvalue weighted by Crippen LogP contribution is -2.47. The van der Waals surface area contributed by atoms with Crippen LogP contribution in [0, 0.1) is 5.41 Å². The smallest absolute Gasteiger partial charge is 0.271 e. The highest BCUT2D eigenvalue weighted by Gasteiger charge is 2.36. The number of H-pyrrole nitrogens is 1. The summed E-state index contributed by atoms with van der Waals surface area (Å²) in [5, 5.41) is 16.3. The Bertz CT molecular complexity index is 477. The van der Waals surface area contributed by atoms with E-state index in [0.29, 0.717) is 12.2 Å². The predicted octanol–water partition coefficient (Wildman–Crippen LogP) is 1.98. The fourth-order valence-electron chi connectivity index (χ4n) is 2.71. The predicted molar refractivity (Wildman–Crippen MR) is 77.3 cm³/mol. The van der Waals surface area contributed by atoms with Gasteiger partial charge < -0.3 is 10.0 Å². The van der Waals surface area contributed by atoms with Gasteiger partial charge in [-0.2, -0.15) is 5.10 Å². The Morgan fingerprint density at radius 2 is 2.40 bits per heavy atom. The number of hydrogen-bond acceptors (Lipinski definition) is 3. The van der Waals surface area contributed by atoms with Crippen molar-refractivity contribution in [1.29, 1.82) is 0 Å². The minimum absolute atomic E-state index is 0.0303. The molecule has 1 amide bonds. The van der Waals surface area contributed by atoms with Crippen molar-refractivity contribution in [2.75, 3.05) is 19.7 Å². The van der Waals surface area contributed by atoms with Crippen molar-refractivity contribution < 1.29 is 9.90 Å². The van der Waals surface area contributed by atoms with Crippen LogP contribution in [-0.2, 0) is 0 Å². The fraction of sp³-hybridized carbons (Fsp3) is 0.600. The third-order valence-electron chi connectivity index (χ3n) is 3.96. The summed E-state index contributed by atoms with van der Waals surface area (Å²) in [5.74, 6) is -0.0303. The summed E-state index contributed by atoms with van der Waals surface area (Å²) in [6, 6.07) is 1.69. The van der Waals surface area contributed by atoms with Crippen LogP contribution >= 0.6 is 0 Å². The molecular formula is C15H23N3O2. The highest BCUT2D eigenvalue weighted by molar-refractivity contribution is 5.92. The molecule has 2 heterocycles. The van der Waals surface area contributed by atoms with E-state index in [2.05, 4.69) is 30.1 Å². The van der Waals surface area contributed by atoms with Gasteiger partial charge in [-0.05, 0) is 39.2 Å². The van der Waals surface area contributed by atoms with E-state index < -0.39 is 0 Å². The number of rotatable bonds is 4. The molecule has 1 aromatic heterocycles. The minimum atomic E-state index is -0.203. The quantitative estimate of drug-likeness (QED) is 0.827. The van der Waals surface area contributed by atoms with E-state index >= 15 is 0 Å². The van der Waals surface area contributed by atoms with Gasteiger partial charge in [-0.1, -0.05) is 11.6 Å². The van der Waals surface area contributed by atoms with Crippen LogP contribution in [0.25, 0.3) is 0 Å². The molecule has 0 aromatic carbocycles. The molecule has 5 heteroatoms. The van der Waals surface area contributed by atoms with Crippen molar-refractivity contribution in [2.45, 2.75) is 33.1 Å². The van der Waals surface area contributed by atoms with Crippen LogP contribution in [0.4, 0.5) is 0 Å². The number of aromatic amines is 1. The van der Waals surface area contributed by atoms with Crippen LogP contribution in [0.5, 0.6) is 0 Å². The zero-order valence-corrected chi connectivity index (χ0v) is 12.2. The lowest BCUT2D eigenvalue weighted by atomic mass is 9.77. The van der Waals surface area contributed by atoms with Crippen molar-refractivity contribution in [3.63, 3.8) is 0 Å². The second kappa shape index (κ2) is 6.22. The maximum Gasteiger partial charge on any atom is 0.271 e. The first-order valence-electron chi connectivity index (χ1n) is 7.09. The third-order valence-corrected chi connectivity index (χ3v) is 3.96. The maximum absolute atomic E-state index is 12.4. The van der Waals surface area contributed by atoms with Crippen molar-refractivity contribution in [3.05, 3.63) is 29.6 Å². The highest BCUT2D eigenvalue weighted by Crippen LogP contribution is 2.34. The monoisotopic (exact) mass is 277 g/mol. The van der Waals surface area contributed by atoms with Crippen LogP contribution in [0.3, 0.4) is 0 Å². The second-order valence-electron chi connectivity index (χ2n) is 5.94. The number of aliphatic hydroxyl groups is 1. The molecule has 20 heavy (non-hydrogen) atoms. The Morgan fingerprint density at radius 1 is 1.60 bits per heavy atom. The lowest BCUT2D eigenvalue weighted by Gasteiger charge is -2.41. The second-order valence-corrected chi connectivity index (χ2v) is 5.94. The van der Waals surface area contributed by atoms with Crippen molar-refractivity contribution >= 4 is 5.91 Å². The number of piperidine rings is 1. The molecule has 1 fully saturated rings. The molecule has 1 aromatic rings. The van der Waals surface area contributed by atoms with Gasteiger partial charge in [0.05, 0.1) is 6.61 Å². The average molecular weight is 277 g/mol. The number of aliphatic hydroxyl groups excluding tert-OH is 1. The lowest BCUT2D eigenvalue weighted by molar-refractivity contribution is 0.0280. The number of carbonyl (C=O) groups excluding carboxylic acids is 1. The highest BCUT2D eigenvalue weighted by atomic mass is 16.3. The number of allylic oxidation sites excluding steroid dienone is 2. The van der Waals surface area contributed by atoms with Gasteiger partial charge in [0.1, 0.15) is 5.69 Å². The van der Waals surface area contributed by atoms with Crippen molar-refractivity contribution in [2.24, 2.45) is 5.41 Å². The number of hydrogen-bond donors (Lipinski definition) is 2. The molecule has 5 nitrogen and oxygen atoms in total. The summed E-state index contributed by atoms with van der Waals surface area (Å²) in [7, 11) is 0. The molecule has 0 radical (unpaired) electrons. The molecule has 0 spiro atoms. The standard InChI is InChI=1S/C15H23N3O2/c1-12(2)4-7-15(11-19)6-3-9-18(10-15)14(20)13-5-8-16-17-13/h4-5,8,19H,3,6-7,9-11H2,1-2H3,(H,16,17). The molecule has 2 N–H and O–H groups in total. The molecule has 0 aliphatic carbocycles. The number of nitrogens with one attached hydrogen (secondary N) is 1. The van der Waals surface area contributed by atoms with Crippen LogP contribution in [0.2, 0.25) is 0 Å². The maximum atomic E-state index is 12.4. The largest absolute Gasteiger partial charge is 0.396 e. The van der Waals surface area contributed by atoms with Gasteiger partial charge in [-0.25, -0.2) is 0 Å².